The second kappa shape index (κ2) is 745. The van der Waals surface area contributed by atoms with E-state index in [4.69, 9.17) is 0 Å². The van der Waals surface area contributed by atoms with Crippen LogP contribution in [-0.2, 0) is 0 Å². The Balaban J connectivity index is -0.00000000167. The minimum atomic E-state index is 0. The van der Waals surface area contributed by atoms with E-state index in [2.05, 4.69) is 11.7 Å². The Hall–Kier alpha value is -0.200. The number of hydrazine groups is 1. The molecule has 0 saturated carbocycles. The van der Waals surface area contributed by atoms with E-state index in [9.17, 15) is 0 Å². The van der Waals surface area contributed by atoms with Gasteiger partial charge in [-0.2, -0.15) is 0 Å². The third-order valence-corrected chi connectivity index (χ3v) is 0. The summed E-state index contributed by atoms with van der Waals surface area (Å²) in [5.74, 6) is 8.00. The van der Waals surface area contributed by atoms with Gasteiger partial charge in [-0.15, -0.1) is 0 Å². The van der Waals surface area contributed by atoms with Crippen LogP contribution < -0.4 is 11.7 Å². The van der Waals surface area contributed by atoms with Crippen molar-refractivity contribution in [1.82, 2.24) is 0 Å². The van der Waals surface area contributed by atoms with Crippen molar-refractivity contribution in [2.45, 2.75) is 0 Å². The maximum Gasteiger partial charge on any atom is -0.274 e. The molecule has 0 radical (unpaired) electrons. The SMILES string of the molecule is NN.O.O.O. The zero-order valence-corrected chi connectivity index (χ0v) is 2.65. The van der Waals surface area contributed by atoms with Crippen molar-refractivity contribution in [3.63, 3.8) is 0 Å². The van der Waals surface area contributed by atoms with Crippen LogP contribution in [0.5, 0.6) is 0 Å². The van der Waals surface area contributed by atoms with Gasteiger partial charge >= 0.3 is 0 Å². The van der Waals surface area contributed by atoms with Crippen LogP contribution >= 0.6 is 0 Å². The van der Waals surface area contributed by atoms with E-state index in [1.807, 2.05) is 0 Å². The lowest BCUT2D eigenvalue weighted by Gasteiger charge is -1.27. The summed E-state index contributed by atoms with van der Waals surface area (Å²) in [6.07, 6.45) is 0. The molecule has 0 rings (SSSR count). The van der Waals surface area contributed by atoms with E-state index in [-0.39, 0.29) is 16.4 Å². The van der Waals surface area contributed by atoms with E-state index in [1.54, 1.807) is 0 Å². The highest BCUT2D eigenvalue weighted by Gasteiger charge is 0.726. The molecule has 38 valence electrons. The van der Waals surface area contributed by atoms with Gasteiger partial charge in [0.2, 0.25) is 0 Å². The monoisotopic (exact) mass is 86.1 g/mol. The Morgan fingerprint density at radius 2 is 0.600 bits per heavy atom. The van der Waals surface area contributed by atoms with E-state index >= 15 is 0 Å². The first kappa shape index (κ1) is 108. The van der Waals surface area contributed by atoms with Crippen LogP contribution in [0.2, 0.25) is 0 Å². The molecule has 10 N–H and O–H groups in total. The van der Waals surface area contributed by atoms with Crippen LogP contribution in [0.3, 0.4) is 0 Å². The third-order valence-electron chi connectivity index (χ3n) is 0. The lowest BCUT2D eigenvalue weighted by atomic mass is 13.0. The molecule has 0 unspecified atom stereocenters. The first-order valence-electron chi connectivity index (χ1n) is 0.333. The van der Waals surface area contributed by atoms with Crippen LogP contribution in [0.25, 0.3) is 0 Å². The zero-order valence-electron chi connectivity index (χ0n) is 2.65. The van der Waals surface area contributed by atoms with Gasteiger partial charge in [-0.1, -0.05) is 0 Å². The van der Waals surface area contributed by atoms with E-state index in [1.165, 1.54) is 0 Å². The van der Waals surface area contributed by atoms with Gasteiger partial charge in [0.1, 0.15) is 0 Å². The molecule has 0 aliphatic heterocycles. The molecule has 5 heteroatoms. The lowest BCUT2D eigenvalue weighted by molar-refractivity contribution is 0.823. The summed E-state index contributed by atoms with van der Waals surface area (Å²) in [5.41, 5.74) is 0. The smallest absolute Gasteiger partial charge is 0.274 e. The number of rotatable bonds is 0. The summed E-state index contributed by atoms with van der Waals surface area (Å²) in [6, 6.07) is 0. The normalized spacial score (nSPS) is 1.20. The number of hydrogen-bond acceptors (Lipinski definition) is 2. The predicted octanol–water partition coefficient (Wildman–Crippen LogP) is -3.66. The molecular weight excluding hydrogens is 76.0 g/mol. The van der Waals surface area contributed by atoms with Crippen molar-refractivity contribution < 1.29 is 16.4 Å². The molecule has 0 bridgehead atoms. The molecule has 0 spiro atoms. The maximum absolute atomic E-state index is 4.00. The van der Waals surface area contributed by atoms with Crippen LogP contribution in [0.15, 0.2) is 0 Å². The van der Waals surface area contributed by atoms with Gasteiger partial charge in [0.15, 0.2) is 0 Å². The Morgan fingerprint density at radius 1 is 0.600 bits per heavy atom. The summed E-state index contributed by atoms with van der Waals surface area (Å²) in [7, 11) is 0. The largest absolute Gasteiger partial charge is 0.412 e. The summed E-state index contributed by atoms with van der Waals surface area (Å²) in [5, 5.41) is 0. The quantitative estimate of drug-likeness (QED) is 0.231. The molecule has 5 heavy (non-hydrogen) atoms. The van der Waals surface area contributed by atoms with Gasteiger partial charge in [-0.3, -0.25) is 11.7 Å². The average Bonchev–Trinajstić information content (AvgIpc) is 1.00. The first-order valence-corrected chi connectivity index (χ1v) is 0.333. The average molecular weight is 86.1 g/mol. The molecule has 0 aromatic carbocycles. The summed E-state index contributed by atoms with van der Waals surface area (Å²) >= 11 is 0. The highest BCUT2D eigenvalue weighted by atomic mass is 16.0. The minimum Gasteiger partial charge on any atom is -0.412 e. The molecule has 5 nitrogen and oxygen atoms in total. The van der Waals surface area contributed by atoms with Crippen LogP contribution in [0.4, 0.5) is 0 Å². The van der Waals surface area contributed by atoms with Gasteiger partial charge in [-0.05, 0) is 0 Å². The molecule has 0 amide bonds. The van der Waals surface area contributed by atoms with Crippen molar-refractivity contribution in [2.24, 2.45) is 11.7 Å². The van der Waals surface area contributed by atoms with Gasteiger partial charge in [-0.25, -0.2) is 0 Å². The first-order chi connectivity index (χ1) is 1.00. The fourth-order valence-electron chi connectivity index (χ4n) is 0. The Morgan fingerprint density at radius 3 is 0.600 bits per heavy atom. The summed E-state index contributed by atoms with van der Waals surface area (Å²) < 4.78 is 0. The van der Waals surface area contributed by atoms with Crippen molar-refractivity contribution in [2.75, 3.05) is 0 Å². The summed E-state index contributed by atoms with van der Waals surface area (Å²) in [4.78, 5) is 0. The van der Waals surface area contributed by atoms with Gasteiger partial charge < -0.3 is 16.4 Å². The molecule has 0 fully saturated rings. The fraction of sp³-hybridized carbons (Fsp3) is 0. The lowest BCUT2D eigenvalue weighted by Crippen LogP contribution is -2.02. The van der Waals surface area contributed by atoms with E-state index in [0.29, 0.717) is 0 Å². The van der Waals surface area contributed by atoms with E-state index in [0.717, 1.165) is 0 Å². The molecule has 0 aliphatic rings. The fourth-order valence-corrected chi connectivity index (χ4v) is 0. The topological polar surface area (TPSA) is 147 Å². The number of nitrogens with two attached hydrogens (primary N) is 2. The third kappa shape index (κ3) is 308. The molecular formula is H10N2O3. The van der Waals surface area contributed by atoms with Gasteiger partial charge in [0.05, 0.1) is 0 Å². The van der Waals surface area contributed by atoms with Crippen molar-refractivity contribution in [3.8, 4) is 0 Å². The zero-order chi connectivity index (χ0) is 2.00. The summed E-state index contributed by atoms with van der Waals surface area (Å²) in [6.45, 7) is 0. The molecule has 0 atom stereocenters. The maximum atomic E-state index is 4.00. The Kier molecular flexibility index (Phi) is 16100. The highest BCUT2D eigenvalue weighted by molar-refractivity contribution is 3.26. The second-order valence-corrected chi connectivity index (χ2v) is 0. The minimum absolute atomic E-state index is 0. The molecule has 0 aliphatic carbocycles. The van der Waals surface area contributed by atoms with Gasteiger partial charge in [0, 0.05) is 0 Å². The van der Waals surface area contributed by atoms with Crippen LogP contribution in [0, 0.1) is 0 Å². The highest BCUT2D eigenvalue weighted by Crippen LogP contribution is -0.0190. The standard InChI is InChI=1S/H4N2.3H2O/c1-2;;;/h1-2H2;3*1H2. The molecule has 0 aromatic rings. The van der Waals surface area contributed by atoms with Crippen LogP contribution in [-0.4, -0.2) is 16.4 Å². The second-order valence-electron chi connectivity index (χ2n) is 0. The Bertz CT molecular complexity index is 4.85. The van der Waals surface area contributed by atoms with Crippen molar-refractivity contribution in [3.05, 3.63) is 0 Å². The van der Waals surface area contributed by atoms with Crippen molar-refractivity contribution in [1.29, 1.82) is 0 Å². The predicted molar refractivity (Wildman–Crippen MR) is 19.2 cm³/mol. The van der Waals surface area contributed by atoms with Gasteiger partial charge in [0.25, 0.3) is 0 Å². The number of hydrogen-bond donors (Lipinski definition) is 2. The van der Waals surface area contributed by atoms with Crippen LogP contribution in [0.1, 0.15) is 0 Å². The molecule has 0 saturated heterocycles. The Labute approximate surface area is 29.5 Å². The van der Waals surface area contributed by atoms with E-state index < -0.39 is 0 Å². The van der Waals surface area contributed by atoms with Crippen molar-refractivity contribution >= 4 is 0 Å². The molecule has 0 heterocycles. The molecule has 0 aromatic heterocycles.